The van der Waals surface area contributed by atoms with E-state index < -0.39 is 10.9 Å². The molecule has 0 unspecified atom stereocenters. The summed E-state index contributed by atoms with van der Waals surface area (Å²) in [6.45, 7) is -0.162. The van der Waals surface area contributed by atoms with Gasteiger partial charge >= 0.3 is 5.97 Å². The fraction of sp³-hybridized carbons (Fsp3) is 0.100. The Labute approximate surface area is 126 Å². The second-order valence-corrected chi connectivity index (χ2v) is 5.26. The Kier molecular flexibility index (Phi) is 4.48. The molecule has 0 aliphatic carbocycles. The molecule has 0 saturated heterocycles. The van der Waals surface area contributed by atoms with Crippen LogP contribution < -0.4 is 0 Å². The maximum Gasteiger partial charge on any atom is 0.338 e. The van der Waals surface area contributed by atoms with Crippen molar-refractivity contribution in [2.45, 2.75) is 6.61 Å². The summed E-state index contributed by atoms with van der Waals surface area (Å²) in [5, 5.41) is 14.3. The number of nitro benzene ring substituents is 1. The van der Waals surface area contributed by atoms with Crippen LogP contribution in [-0.4, -0.2) is 20.5 Å². The third kappa shape index (κ3) is 3.21. The number of rotatable bonds is 4. The summed E-state index contributed by atoms with van der Waals surface area (Å²) in [6, 6.07) is 3.64. The molecule has 1 aromatic heterocycles. The lowest BCUT2D eigenvalue weighted by molar-refractivity contribution is -0.384. The number of hydrogen-bond acceptors (Lipinski definition) is 7. The molecule has 7 nitrogen and oxygen atoms in total. The molecule has 0 fully saturated rings. The van der Waals surface area contributed by atoms with Crippen molar-refractivity contribution in [3.63, 3.8) is 0 Å². The SMILES string of the molecule is O=C(OCc1nnsc1Cl)c1ccc(Cl)c([N+](=O)[O-])c1. The van der Waals surface area contributed by atoms with Crippen LogP contribution in [0.4, 0.5) is 5.69 Å². The molecule has 0 amide bonds. The van der Waals surface area contributed by atoms with Gasteiger partial charge in [-0.05, 0) is 12.1 Å². The van der Waals surface area contributed by atoms with E-state index in [1.54, 1.807) is 0 Å². The first-order valence-corrected chi connectivity index (χ1v) is 6.59. The highest BCUT2D eigenvalue weighted by Crippen LogP contribution is 2.25. The molecule has 104 valence electrons. The predicted molar refractivity (Wildman–Crippen MR) is 72.1 cm³/mol. The van der Waals surface area contributed by atoms with Gasteiger partial charge in [-0.2, -0.15) is 0 Å². The Morgan fingerprint density at radius 1 is 1.45 bits per heavy atom. The average molecular weight is 334 g/mol. The van der Waals surface area contributed by atoms with E-state index in [1.165, 1.54) is 12.1 Å². The monoisotopic (exact) mass is 333 g/mol. The minimum atomic E-state index is -0.742. The summed E-state index contributed by atoms with van der Waals surface area (Å²) >= 11 is 12.4. The average Bonchev–Trinajstić information content (AvgIpc) is 2.81. The zero-order chi connectivity index (χ0) is 14.7. The largest absolute Gasteiger partial charge is 0.455 e. The summed E-state index contributed by atoms with van der Waals surface area (Å²) in [5.74, 6) is -0.742. The van der Waals surface area contributed by atoms with E-state index in [9.17, 15) is 14.9 Å². The van der Waals surface area contributed by atoms with Gasteiger partial charge in [-0.3, -0.25) is 10.1 Å². The molecule has 0 atom stereocenters. The molecule has 0 aliphatic rings. The number of carbonyl (C=O) groups excluding carboxylic acids is 1. The molecule has 0 N–H and O–H groups in total. The van der Waals surface area contributed by atoms with Gasteiger partial charge < -0.3 is 4.74 Å². The lowest BCUT2D eigenvalue weighted by atomic mass is 10.2. The third-order valence-electron chi connectivity index (χ3n) is 2.23. The summed E-state index contributed by atoms with van der Waals surface area (Å²) in [5.41, 5.74) is -0.0247. The highest BCUT2D eigenvalue weighted by Gasteiger charge is 2.18. The highest BCUT2D eigenvalue weighted by molar-refractivity contribution is 7.10. The summed E-state index contributed by atoms with van der Waals surface area (Å²) in [4.78, 5) is 21.8. The smallest absolute Gasteiger partial charge is 0.338 e. The van der Waals surface area contributed by atoms with Gasteiger partial charge in [0.1, 0.15) is 21.7 Å². The summed E-state index contributed by atoms with van der Waals surface area (Å²) in [7, 11) is 0. The Morgan fingerprint density at radius 3 is 2.80 bits per heavy atom. The lowest BCUT2D eigenvalue weighted by Gasteiger charge is -2.03. The van der Waals surface area contributed by atoms with Crippen molar-refractivity contribution < 1.29 is 14.5 Å². The van der Waals surface area contributed by atoms with Crippen LogP contribution in [0.1, 0.15) is 16.1 Å². The number of halogens is 2. The number of nitro groups is 1. The second kappa shape index (κ2) is 6.12. The van der Waals surface area contributed by atoms with Crippen molar-refractivity contribution in [3.05, 3.63) is 48.9 Å². The molecule has 2 rings (SSSR count). The first-order valence-electron chi connectivity index (χ1n) is 5.07. The topological polar surface area (TPSA) is 95.2 Å². The zero-order valence-corrected chi connectivity index (χ0v) is 11.9. The molecule has 0 bridgehead atoms. The van der Waals surface area contributed by atoms with Gasteiger partial charge in [-0.1, -0.05) is 27.7 Å². The molecule has 20 heavy (non-hydrogen) atoms. The van der Waals surface area contributed by atoms with Crippen LogP contribution in [0.2, 0.25) is 9.36 Å². The van der Waals surface area contributed by atoms with Gasteiger partial charge in [0.15, 0.2) is 0 Å². The number of nitrogens with zero attached hydrogens (tertiary/aromatic N) is 3. The van der Waals surface area contributed by atoms with Crippen molar-refractivity contribution >= 4 is 46.4 Å². The normalized spacial score (nSPS) is 10.3. The van der Waals surface area contributed by atoms with Gasteiger partial charge in [0.25, 0.3) is 5.69 Å². The molecule has 0 radical (unpaired) electrons. The Hall–Kier alpha value is -1.77. The van der Waals surface area contributed by atoms with Crippen molar-refractivity contribution in [2.24, 2.45) is 0 Å². The second-order valence-electron chi connectivity index (χ2n) is 3.49. The van der Waals surface area contributed by atoms with Crippen LogP contribution in [0.15, 0.2) is 18.2 Å². The molecule has 10 heteroatoms. The van der Waals surface area contributed by atoms with E-state index in [-0.39, 0.29) is 22.9 Å². The maximum absolute atomic E-state index is 11.8. The highest BCUT2D eigenvalue weighted by atomic mass is 35.5. The Morgan fingerprint density at radius 2 is 2.20 bits per heavy atom. The number of ether oxygens (including phenoxy) is 1. The standard InChI is InChI=1S/C10H5Cl2N3O4S/c11-6-2-1-5(3-8(6)15(17)18)10(16)19-4-7-9(12)20-14-13-7/h1-3H,4H2. The third-order valence-corrected chi connectivity index (χ3v) is 3.53. The van der Waals surface area contributed by atoms with Crippen LogP contribution in [0.3, 0.4) is 0 Å². The lowest BCUT2D eigenvalue weighted by Crippen LogP contribution is -2.06. The van der Waals surface area contributed by atoms with Crippen molar-refractivity contribution in [2.75, 3.05) is 0 Å². The Bertz CT molecular complexity index is 676. The van der Waals surface area contributed by atoms with Crippen molar-refractivity contribution in [3.8, 4) is 0 Å². The van der Waals surface area contributed by atoms with Crippen molar-refractivity contribution in [1.29, 1.82) is 0 Å². The van der Waals surface area contributed by atoms with Crippen LogP contribution >= 0.6 is 34.7 Å². The van der Waals surface area contributed by atoms with Gasteiger partial charge in [0.05, 0.1) is 10.5 Å². The number of esters is 1. The van der Waals surface area contributed by atoms with Gasteiger partial charge in [0, 0.05) is 17.6 Å². The number of hydrogen-bond donors (Lipinski definition) is 0. The summed E-state index contributed by atoms with van der Waals surface area (Å²) < 4.78 is 8.85. The molecule has 0 aliphatic heterocycles. The van der Waals surface area contributed by atoms with Crippen LogP contribution in [-0.2, 0) is 11.3 Å². The molecule has 1 aromatic carbocycles. The molecule has 2 aromatic rings. The molecular weight excluding hydrogens is 329 g/mol. The quantitative estimate of drug-likeness (QED) is 0.484. The number of benzene rings is 1. The maximum atomic E-state index is 11.8. The van der Waals surface area contributed by atoms with E-state index in [4.69, 9.17) is 27.9 Å². The Balaban J connectivity index is 2.12. The number of carbonyl (C=O) groups is 1. The fourth-order valence-electron chi connectivity index (χ4n) is 1.28. The summed E-state index contributed by atoms with van der Waals surface area (Å²) in [6.07, 6.45) is 0. The van der Waals surface area contributed by atoms with Gasteiger partial charge in [0.2, 0.25) is 0 Å². The first-order chi connectivity index (χ1) is 9.49. The van der Waals surface area contributed by atoms with Crippen molar-refractivity contribution in [1.82, 2.24) is 9.59 Å². The van der Waals surface area contributed by atoms with E-state index in [2.05, 4.69) is 9.59 Å². The molecule has 1 heterocycles. The van der Waals surface area contributed by atoms with Crippen LogP contribution in [0, 0.1) is 10.1 Å². The molecule has 0 spiro atoms. The van der Waals surface area contributed by atoms with E-state index in [1.807, 2.05) is 0 Å². The van der Waals surface area contributed by atoms with Gasteiger partial charge in [-0.25, -0.2) is 4.79 Å². The fourth-order valence-corrected chi connectivity index (χ4v) is 2.07. The molecule has 0 saturated carbocycles. The minimum absolute atomic E-state index is 0.0143. The molecular formula is C10H5Cl2N3O4S. The zero-order valence-electron chi connectivity index (χ0n) is 9.58. The number of aromatic nitrogens is 2. The van der Waals surface area contributed by atoms with Gasteiger partial charge in [-0.15, -0.1) is 5.10 Å². The predicted octanol–water partition coefficient (Wildman–Crippen LogP) is 3.11. The minimum Gasteiger partial charge on any atom is -0.455 e. The van der Waals surface area contributed by atoms with Crippen LogP contribution in [0.25, 0.3) is 0 Å². The van der Waals surface area contributed by atoms with E-state index >= 15 is 0 Å². The van der Waals surface area contributed by atoms with E-state index in [0.717, 1.165) is 17.6 Å². The van der Waals surface area contributed by atoms with Crippen LogP contribution in [0.5, 0.6) is 0 Å². The van der Waals surface area contributed by atoms with E-state index in [0.29, 0.717) is 10.0 Å². The first kappa shape index (κ1) is 14.6.